The van der Waals surface area contributed by atoms with Crippen LogP contribution in [0.3, 0.4) is 0 Å². The SMILES string of the molecule is C=c1c(=C2NC=CN2)c(=N)n(CC)c2nc(C#CCC)ccc12. The van der Waals surface area contributed by atoms with E-state index in [1.165, 1.54) is 0 Å². The zero-order valence-corrected chi connectivity index (χ0v) is 13.3. The van der Waals surface area contributed by atoms with E-state index in [4.69, 9.17) is 5.41 Å². The average Bonchev–Trinajstić information content (AvgIpc) is 3.07. The Kier molecular flexibility index (Phi) is 3.90. The first-order valence-electron chi connectivity index (χ1n) is 7.65. The molecular weight excluding hydrogens is 286 g/mol. The number of hydrogen-bond donors (Lipinski definition) is 3. The van der Waals surface area contributed by atoms with Gasteiger partial charge in [0, 0.05) is 30.8 Å². The van der Waals surface area contributed by atoms with Crippen molar-refractivity contribution in [2.75, 3.05) is 0 Å². The largest absolute Gasteiger partial charge is 0.346 e. The number of aryl methyl sites for hydroxylation is 1. The third-order valence-electron chi connectivity index (χ3n) is 3.76. The van der Waals surface area contributed by atoms with Gasteiger partial charge in [0.2, 0.25) is 0 Å². The minimum Gasteiger partial charge on any atom is -0.346 e. The standard InChI is InChI=1S/C18H19N5/c1-4-6-7-13-8-9-14-12(3)15(17-20-10-11-21-17)16(19)23(5-2)18(14)22-13/h8-11,19-21H,3-5H2,1-2H3. The number of nitrogens with one attached hydrogen (secondary N) is 3. The van der Waals surface area contributed by atoms with Gasteiger partial charge in [0.15, 0.2) is 0 Å². The Labute approximate surface area is 134 Å². The van der Waals surface area contributed by atoms with Crippen molar-refractivity contribution < 1.29 is 0 Å². The fraction of sp³-hybridized carbons (Fsp3) is 0.222. The van der Waals surface area contributed by atoms with Crippen LogP contribution in [0, 0.1) is 17.3 Å². The van der Waals surface area contributed by atoms with E-state index >= 15 is 0 Å². The van der Waals surface area contributed by atoms with Crippen LogP contribution in [0.2, 0.25) is 0 Å². The van der Waals surface area contributed by atoms with Crippen molar-refractivity contribution in [1.82, 2.24) is 20.2 Å². The van der Waals surface area contributed by atoms with Gasteiger partial charge in [-0.15, -0.1) is 0 Å². The van der Waals surface area contributed by atoms with Crippen LogP contribution in [0.25, 0.3) is 23.4 Å². The van der Waals surface area contributed by atoms with Crippen molar-refractivity contribution in [3.8, 4) is 11.8 Å². The molecule has 1 aliphatic rings. The van der Waals surface area contributed by atoms with Gasteiger partial charge < -0.3 is 15.2 Å². The molecule has 0 atom stereocenters. The second kappa shape index (κ2) is 6.01. The molecule has 0 amide bonds. The van der Waals surface area contributed by atoms with E-state index in [0.717, 1.165) is 39.4 Å². The van der Waals surface area contributed by atoms with Gasteiger partial charge in [0.25, 0.3) is 0 Å². The molecule has 0 saturated carbocycles. The highest BCUT2D eigenvalue weighted by Gasteiger charge is 2.10. The van der Waals surface area contributed by atoms with Crippen LogP contribution >= 0.6 is 0 Å². The maximum Gasteiger partial charge on any atom is 0.143 e. The summed E-state index contributed by atoms with van der Waals surface area (Å²) >= 11 is 0. The first-order chi connectivity index (χ1) is 11.2. The van der Waals surface area contributed by atoms with E-state index < -0.39 is 0 Å². The summed E-state index contributed by atoms with van der Waals surface area (Å²) in [7, 11) is 0. The lowest BCUT2D eigenvalue weighted by Crippen LogP contribution is -2.49. The van der Waals surface area contributed by atoms with Crippen LogP contribution in [-0.4, -0.2) is 9.55 Å². The van der Waals surface area contributed by atoms with E-state index in [1.807, 2.05) is 30.5 Å². The minimum absolute atomic E-state index is 0.386. The molecule has 0 bridgehead atoms. The van der Waals surface area contributed by atoms with Crippen LogP contribution in [0.4, 0.5) is 0 Å². The minimum atomic E-state index is 0.386. The van der Waals surface area contributed by atoms with Crippen LogP contribution in [-0.2, 0) is 6.54 Å². The van der Waals surface area contributed by atoms with Crippen LogP contribution in [0.1, 0.15) is 26.0 Å². The summed E-state index contributed by atoms with van der Waals surface area (Å²) in [6, 6.07) is 3.90. The third kappa shape index (κ3) is 2.49. The van der Waals surface area contributed by atoms with Crippen molar-refractivity contribution in [3.63, 3.8) is 0 Å². The second-order valence-corrected chi connectivity index (χ2v) is 5.17. The average molecular weight is 305 g/mol. The highest BCUT2D eigenvalue weighted by atomic mass is 15.1. The van der Waals surface area contributed by atoms with Crippen molar-refractivity contribution in [2.45, 2.75) is 26.8 Å². The quantitative estimate of drug-likeness (QED) is 0.670. The molecule has 1 aliphatic heterocycles. The molecule has 0 aromatic carbocycles. The number of rotatable bonds is 1. The molecule has 2 aromatic rings. The lowest BCUT2D eigenvalue weighted by atomic mass is 10.1. The fourth-order valence-corrected chi connectivity index (χ4v) is 2.67. The number of hydrogen-bond acceptors (Lipinski definition) is 4. The predicted octanol–water partition coefficient (Wildman–Crippen LogP) is 0.437. The van der Waals surface area contributed by atoms with Gasteiger partial charge >= 0.3 is 0 Å². The van der Waals surface area contributed by atoms with Gasteiger partial charge in [-0.25, -0.2) is 4.98 Å². The molecule has 0 unspecified atom stereocenters. The molecule has 3 rings (SSSR count). The van der Waals surface area contributed by atoms with E-state index in [2.05, 4.69) is 34.0 Å². The number of nitrogens with zero attached hydrogens (tertiary/aromatic N) is 2. The summed E-state index contributed by atoms with van der Waals surface area (Å²) < 4.78 is 1.88. The van der Waals surface area contributed by atoms with E-state index in [0.29, 0.717) is 12.0 Å². The molecule has 0 radical (unpaired) electrons. The molecule has 0 fully saturated rings. The van der Waals surface area contributed by atoms with Crippen molar-refractivity contribution in [2.24, 2.45) is 0 Å². The molecule has 5 nitrogen and oxygen atoms in total. The lowest BCUT2D eigenvalue weighted by molar-refractivity contribution is 0.714. The summed E-state index contributed by atoms with van der Waals surface area (Å²) in [6.45, 7) is 8.85. The van der Waals surface area contributed by atoms with Crippen LogP contribution in [0.5, 0.6) is 0 Å². The highest BCUT2D eigenvalue weighted by Crippen LogP contribution is 2.06. The van der Waals surface area contributed by atoms with Gasteiger partial charge in [-0.1, -0.05) is 19.4 Å². The molecule has 116 valence electrons. The maximum absolute atomic E-state index is 8.56. The Morgan fingerprint density at radius 3 is 2.65 bits per heavy atom. The topological polar surface area (TPSA) is 65.7 Å². The van der Waals surface area contributed by atoms with Gasteiger partial charge in [0.05, 0.1) is 5.22 Å². The normalized spacial score (nSPS) is 12.7. The summed E-state index contributed by atoms with van der Waals surface area (Å²) in [4.78, 5) is 4.64. The Bertz CT molecular complexity index is 1020. The lowest BCUT2D eigenvalue weighted by Gasteiger charge is -2.11. The van der Waals surface area contributed by atoms with Gasteiger partial charge in [-0.2, -0.15) is 0 Å². The summed E-state index contributed by atoms with van der Waals surface area (Å²) in [6.07, 6.45) is 4.39. The summed E-state index contributed by atoms with van der Waals surface area (Å²) in [5.74, 6) is 6.86. The first-order valence-corrected chi connectivity index (χ1v) is 7.65. The van der Waals surface area contributed by atoms with E-state index in [-0.39, 0.29) is 0 Å². The molecular formula is C18H19N5. The van der Waals surface area contributed by atoms with Gasteiger partial charge in [-0.05, 0) is 30.2 Å². The fourth-order valence-electron chi connectivity index (χ4n) is 2.67. The second-order valence-electron chi connectivity index (χ2n) is 5.17. The van der Waals surface area contributed by atoms with Crippen molar-refractivity contribution >= 4 is 23.4 Å². The summed E-state index contributed by atoms with van der Waals surface area (Å²) in [5, 5.41) is 17.3. The third-order valence-corrected chi connectivity index (χ3v) is 3.76. The molecule has 23 heavy (non-hydrogen) atoms. The molecule has 0 saturated heterocycles. The van der Waals surface area contributed by atoms with Crippen LogP contribution in [0.15, 0.2) is 24.5 Å². The predicted molar refractivity (Wildman–Crippen MR) is 92.0 cm³/mol. The Morgan fingerprint density at radius 1 is 1.26 bits per heavy atom. The Balaban J connectivity index is 2.43. The smallest absolute Gasteiger partial charge is 0.143 e. The maximum atomic E-state index is 8.56. The zero-order chi connectivity index (χ0) is 16.4. The molecule has 5 heteroatoms. The number of aromatic nitrogens is 2. The zero-order valence-electron chi connectivity index (χ0n) is 13.3. The van der Waals surface area contributed by atoms with Crippen molar-refractivity contribution in [1.29, 1.82) is 5.41 Å². The molecule has 3 N–H and O–H groups in total. The summed E-state index contributed by atoms with van der Waals surface area (Å²) in [5.41, 5.74) is 1.86. The first kappa shape index (κ1) is 14.9. The van der Waals surface area contributed by atoms with E-state index in [1.54, 1.807) is 12.4 Å². The Morgan fingerprint density at radius 2 is 2.00 bits per heavy atom. The van der Waals surface area contributed by atoms with E-state index in [9.17, 15) is 0 Å². The monoisotopic (exact) mass is 305 g/mol. The molecule has 0 spiro atoms. The number of pyridine rings is 2. The van der Waals surface area contributed by atoms with Crippen molar-refractivity contribution in [3.05, 3.63) is 46.2 Å². The molecule has 3 heterocycles. The molecule has 2 aromatic heterocycles. The van der Waals surface area contributed by atoms with Gasteiger partial charge in [0.1, 0.15) is 22.6 Å². The molecule has 0 aliphatic carbocycles. The Hall–Kier alpha value is -3.00. The van der Waals surface area contributed by atoms with Gasteiger partial charge in [-0.3, -0.25) is 5.41 Å². The van der Waals surface area contributed by atoms with Crippen LogP contribution < -0.4 is 26.6 Å². The number of fused-ring (bicyclic) bond motifs is 1. The highest BCUT2D eigenvalue weighted by molar-refractivity contribution is 5.77.